The van der Waals surface area contributed by atoms with Gasteiger partial charge in [0.25, 0.3) is 0 Å². The minimum atomic E-state index is -0.0159. The molecule has 4 heteroatoms. The molecule has 21 heavy (non-hydrogen) atoms. The van der Waals surface area contributed by atoms with Crippen molar-refractivity contribution in [3.8, 4) is 0 Å². The number of carbonyl (C=O) groups excluding carboxylic acids is 1. The van der Waals surface area contributed by atoms with Crippen molar-refractivity contribution < 1.29 is 4.79 Å². The zero-order valence-electron chi connectivity index (χ0n) is 12.8. The van der Waals surface area contributed by atoms with E-state index >= 15 is 0 Å². The van der Waals surface area contributed by atoms with E-state index in [4.69, 9.17) is 0 Å². The average Bonchev–Trinajstić information content (AvgIpc) is 3.24. The van der Waals surface area contributed by atoms with Gasteiger partial charge in [-0.15, -0.1) is 0 Å². The maximum absolute atomic E-state index is 12.8. The van der Waals surface area contributed by atoms with Crippen molar-refractivity contribution in [3.05, 3.63) is 35.9 Å². The molecule has 1 saturated heterocycles. The van der Waals surface area contributed by atoms with Crippen LogP contribution >= 0.6 is 11.8 Å². The third kappa shape index (κ3) is 2.97. The van der Waals surface area contributed by atoms with E-state index in [2.05, 4.69) is 35.5 Å². The first-order valence-corrected chi connectivity index (χ1v) is 9.08. The number of amides is 1. The lowest BCUT2D eigenvalue weighted by molar-refractivity contribution is -0.130. The van der Waals surface area contributed by atoms with Crippen LogP contribution in [0.3, 0.4) is 0 Å². The van der Waals surface area contributed by atoms with Crippen LogP contribution in [0.1, 0.15) is 44.3 Å². The van der Waals surface area contributed by atoms with Crippen LogP contribution in [0.2, 0.25) is 0 Å². The Labute approximate surface area is 131 Å². The summed E-state index contributed by atoms with van der Waals surface area (Å²) < 4.78 is 0.311. The van der Waals surface area contributed by atoms with Gasteiger partial charge in [0.1, 0.15) is 6.17 Å². The Morgan fingerprint density at radius 3 is 2.62 bits per heavy atom. The topological polar surface area (TPSA) is 32.3 Å². The van der Waals surface area contributed by atoms with Gasteiger partial charge in [-0.2, -0.15) is 11.8 Å². The number of thioether (sulfide) groups is 1. The van der Waals surface area contributed by atoms with E-state index in [1.54, 1.807) is 0 Å². The second kappa shape index (κ2) is 6.01. The van der Waals surface area contributed by atoms with Gasteiger partial charge in [0, 0.05) is 11.3 Å². The lowest BCUT2D eigenvalue weighted by Crippen LogP contribution is -2.37. The van der Waals surface area contributed by atoms with Crippen LogP contribution < -0.4 is 5.32 Å². The van der Waals surface area contributed by atoms with Crippen LogP contribution in [0, 0.1) is 0 Å². The van der Waals surface area contributed by atoms with E-state index < -0.39 is 0 Å². The summed E-state index contributed by atoms with van der Waals surface area (Å²) in [6.45, 7) is 3.01. The number of hydrogen-bond acceptors (Lipinski definition) is 3. The van der Waals surface area contributed by atoms with Crippen LogP contribution in [0.15, 0.2) is 30.3 Å². The van der Waals surface area contributed by atoms with Crippen molar-refractivity contribution in [1.82, 2.24) is 10.2 Å². The molecule has 0 spiro atoms. The molecule has 0 aromatic heterocycles. The zero-order valence-corrected chi connectivity index (χ0v) is 13.7. The van der Waals surface area contributed by atoms with Crippen molar-refractivity contribution in [1.29, 1.82) is 0 Å². The normalized spacial score (nSPS) is 27.1. The molecule has 0 bridgehead atoms. The molecule has 1 heterocycles. The molecule has 1 N–H and O–H groups in total. The first kappa shape index (κ1) is 14.9. The Bertz CT molecular complexity index is 501. The standard InChI is InChI=1S/C17H24N2OS/c1-3-7-14-16(20)19(12-17(21-2)10-11-17)15(18-14)13-8-5-4-6-9-13/h4-6,8-9,14-15,18H,3,7,10-12H2,1-2H3. The molecule has 0 radical (unpaired) electrons. The number of benzene rings is 1. The van der Waals surface area contributed by atoms with E-state index in [9.17, 15) is 4.79 Å². The molecular formula is C17H24N2OS. The highest BCUT2D eigenvalue weighted by atomic mass is 32.2. The molecule has 3 nitrogen and oxygen atoms in total. The van der Waals surface area contributed by atoms with E-state index in [0.29, 0.717) is 4.75 Å². The van der Waals surface area contributed by atoms with Crippen LogP contribution in [0.4, 0.5) is 0 Å². The highest BCUT2D eigenvalue weighted by molar-refractivity contribution is 8.00. The SMILES string of the molecule is CCCC1NC(c2ccccc2)N(CC2(SC)CC2)C1=O. The largest absolute Gasteiger partial charge is 0.320 e. The molecule has 2 unspecified atom stereocenters. The first-order chi connectivity index (χ1) is 10.2. The second-order valence-corrected chi connectivity index (χ2v) is 7.45. The predicted octanol–water partition coefficient (Wildman–Crippen LogP) is 3.18. The minimum Gasteiger partial charge on any atom is -0.320 e. The number of nitrogens with zero attached hydrogens (tertiary/aromatic N) is 1. The van der Waals surface area contributed by atoms with Gasteiger partial charge in [0.05, 0.1) is 6.04 Å². The summed E-state index contributed by atoms with van der Waals surface area (Å²) in [5.74, 6) is 0.283. The first-order valence-electron chi connectivity index (χ1n) is 7.86. The summed E-state index contributed by atoms with van der Waals surface area (Å²) in [7, 11) is 0. The maximum Gasteiger partial charge on any atom is 0.241 e. The molecule has 1 aliphatic carbocycles. The van der Waals surface area contributed by atoms with Gasteiger partial charge in [-0.3, -0.25) is 10.1 Å². The van der Waals surface area contributed by atoms with Crippen LogP contribution in [0.25, 0.3) is 0 Å². The smallest absolute Gasteiger partial charge is 0.241 e. The molecular weight excluding hydrogens is 280 g/mol. The van der Waals surface area contributed by atoms with Crippen molar-refractivity contribution in [2.75, 3.05) is 12.8 Å². The van der Waals surface area contributed by atoms with Gasteiger partial charge in [-0.1, -0.05) is 43.7 Å². The number of hydrogen-bond donors (Lipinski definition) is 1. The third-order valence-electron chi connectivity index (χ3n) is 4.64. The molecule has 2 aliphatic rings. The van der Waals surface area contributed by atoms with Crippen molar-refractivity contribution in [2.24, 2.45) is 0 Å². The lowest BCUT2D eigenvalue weighted by atomic mass is 10.1. The summed E-state index contributed by atoms with van der Waals surface area (Å²) in [6, 6.07) is 10.3. The van der Waals surface area contributed by atoms with E-state index in [0.717, 1.165) is 19.4 Å². The molecule has 3 rings (SSSR count). The van der Waals surface area contributed by atoms with Gasteiger partial charge >= 0.3 is 0 Å². The van der Waals surface area contributed by atoms with Crippen LogP contribution in [-0.4, -0.2) is 34.4 Å². The maximum atomic E-state index is 12.8. The minimum absolute atomic E-state index is 0.0159. The molecule has 2 atom stereocenters. The monoisotopic (exact) mass is 304 g/mol. The quantitative estimate of drug-likeness (QED) is 0.876. The number of carbonyl (C=O) groups is 1. The summed E-state index contributed by atoms with van der Waals surface area (Å²) in [6.07, 6.45) is 6.63. The highest BCUT2D eigenvalue weighted by Gasteiger charge is 2.48. The van der Waals surface area contributed by atoms with E-state index in [-0.39, 0.29) is 18.1 Å². The van der Waals surface area contributed by atoms with E-state index in [1.165, 1.54) is 18.4 Å². The Morgan fingerprint density at radius 2 is 2.05 bits per heavy atom. The molecule has 2 fully saturated rings. The summed E-state index contributed by atoms with van der Waals surface area (Å²) in [4.78, 5) is 14.8. The van der Waals surface area contributed by atoms with Crippen LogP contribution in [-0.2, 0) is 4.79 Å². The number of rotatable bonds is 6. The lowest BCUT2D eigenvalue weighted by Gasteiger charge is -2.28. The van der Waals surface area contributed by atoms with Crippen molar-refractivity contribution in [3.63, 3.8) is 0 Å². The summed E-state index contributed by atoms with van der Waals surface area (Å²) >= 11 is 1.92. The fourth-order valence-corrected chi connectivity index (χ4v) is 3.91. The Morgan fingerprint density at radius 1 is 1.33 bits per heavy atom. The molecule has 1 aliphatic heterocycles. The molecule has 1 amide bonds. The fraction of sp³-hybridized carbons (Fsp3) is 0.588. The molecule has 1 saturated carbocycles. The van der Waals surface area contributed by atoms with Crippen molar-refractivity contribution >= 4 is 17.7 Å². The van der Waals surface area contributed by atoms with Crippen molar-refractivity contribution in [2.45, 2.75) is 49.6 Å². The van der Waals surface area contributed by atoms with Gasteiger partial charge < -0.3 is 4.90 Å². The number of nitrogens with one attached hydrogen (secondary N) is 1. The zero-order chi connectivity index (χ0) is 14.9. The van der Waals surface area contributed by atoms with Gasteiger partial charge in [-0.25, -0.2) is 0 Å². The summed E-state index contributed by atoms with van der Waals surface area (Å²) in [5, 5.41) is 3.55. The van der Waals surface area contributed by atoms with Gasteiger partial charge in [0.2, 0.25) is 5.91 Å². The highest BCUT2D eigenvalue weighted by Crippen LogP contribution is 2.49. The molecule has 114 valence electrons. The Balaban J connectivity index is 1.83. The predicted molar refractivity (Wildman–Crippen MR) is 88.2 cm³/mol. The average molecular weight is 304 g/mol. The third-order valence-corrected chi connectivity index (χ3v) is 6.05. The molecule has 1 aromatic carbocycles. The second-order valence-electron chi connectivity index (χ2n) is 6.17. The van der Waals surface area contributed by atoms with E-state index in [1.807, 2.05) is 30.0 Å². The summed E-state index contributed by atoms with van der Waals surface area (Å²) in [5.41, 5.74) is 1.20. The fourth-order valence-electron chi connectivity index (χ4n) is 3.13. The van der Waals surface area contributed by atoms with Crippen LogP contribution in [0.5, 0.6) is 0 Å². The van der Waals surface area contributed by atoms with Gasteiger partial charge in [0.15, 0.2) is 0 Å². The molecule has 1 aromatic rings. The Hall–Kier alpha value is -1.00. The Kier molecular flexibility index (Phi) is 4.27. The van der Waals surface area contributed by atoms with Gasteiger partial charge in [-0.05, 0) is 31.1 Å².